The zero-order valence-electron chi connectivity index (χ0n) is 77.6. The van der Waals surface area contributed by atoms with E-state index >= 15 is 0 Å². The molecule has 0 unspecified atom stereocenters. The van der Waals surface area contributed by atoms with Crippen molar-refractivity contribution in [2.24, 2.45) is 0 Å². The van der Waals surface area contributed by atoms with Gasteiger partial charge in [0.25, 0.3) is 0 Å². The van der Waals surface area contributed by atoms with Gasteiger partial charge < -0.3 is 13.3 Å². The van der Waals surface area contributed by atoms with Gasteiger partial charge in [-0.15, -0.1) is 11.3 Å². The van der Waals surface area contributed by atoms with Gasteiger partial charge in [-0.3, -0.25) is 13.7 Å². The number of fused-ring (bicyclic) bond motifs is 42. The van der Waals surface area contributed by atoms with Gasteiger partial charge >= 0.3 is 0 Å². The normalized spacial score (nSPS) is 12.7. The molecular weight excluding hydrogens is 1780 g/mol. The van der Waals surface area contributed by atoms with Crippen LogP contribution in [0.25, 0.3) is 301 Å². The number of para-hydroxylation sites is 9. The second-order valence-corrected chi connectivity index (χ2v) is 39.4. The van der Waals surface area contributed by atoms with E-state index in [4.69, 9.17) is 43.2 Å². The molecule has 0 radical (unpaired) electrons. The van der Waals surface area contributed by atoms with Crippen LogP contribution in [0, 0.1) is 0 Å². The van der Waals surface area contributed by atoms with Gasteiger partial charge in [-0.1, -0.05) is 372 Å². The second-order valence-electron chi connectivity index (χ2n) is 38.4. The predicted molar refractivity (Wildman–Crippen MR) is 598 cm³/mol. The van der Waals surface area contributed by atoms with Gasteiger partial charge in [0.05, 0.1) is 66.7 Å². The topological polar surface area (TPSA) is 132 Å². The highest BCUT2D eigenvalue weighted by atomic mass is 32.1. The van der Waals surface area contributed by atoms with Gasteiger partial charge in [0.1, 0.15) is 33.5 Å². The molecule has 0 bridgehead atoms. The van der Waals surface area contributed by atoms with Crippen LogP contribution < -0.4 is 0 Å². The Kier molecular flexibility index (Phi) is 17.0. The zero-order chi connectivity index (χ0) is 94.4. The third-order valence-electron chi connectivity index (χ3n) is 30.4. The molecule has 0 aliphatic heterocycles. The molecule has 0 N–H and O–H groups in total. The SMILES string of the molecule is CC1(C)c2ccccc2-c2ccc(-c3nc(-n4c5ccccc5c5c6c7ccccc7oc6c6ccccc6c54)nc4ccccc34)cc21.c1ccc2c(-c3cccc4c3sc3ccccc34)nc(-n3c4ccccc4c4c5c6ccccc6oc5c5ccccc5c43)nc2c1.c1ccc2c(c1)ccc1cc(-c3nc(-n4c5ccccc5c5c6c7ccccc7oc6c6ccccc6c54)nc4ccccc34)ccc12. The first kappa shape index (κ1) is 80.2. The lowest BCUT2D eigenvalue weighted by Gasteiger charge is -2.22. The Hall–Kier alpha value is -18.8. The summed E-state index contributed by atoms with van der Waals surface area (Å²) in [5.41, 5.74) is 25.8. The van der Waals surface area contributed by atoms with E-state index in [1.807, 2.05) is 29.5 Å². The average Bonchev–Trinajstić information content (AvgIpc) is 1.54. The van der Waals surface area contributed by atoms with Crippen LogP contribution >= 0.6 is 11.3 Å². The molecule has 144 heavy (non-hydrogen) atoms. The molecule has 10 aromatic heterocycles. The fraction of sp³-hybridized carbons (Fsp3) is 0.0229. The van der Waals surface area contributed by atoms with Crippen molar-refractivity contribution in [2.75, 3.05) is 0 Å². The molecule has 13 heteroatoms. The first-order chi connectivity index (χ1) is 71.2. The molecule has 33 rings (SSSR count). The highest BCUT2D eigenvalue weighted by Crippen LogP contribution is 2.55. The fourth-order valence-corrected chi connectivity index (χ4v) is 25.3. The van der Waals surface area contributed by atoms with Crippen molar-refractivity contribution in [3.05, 3.63) is 442 Å². The van der Waals surface area contributed by atoms with Crippen molar-refractivity contribution in [2.45, 2.75) is 19.3 Å². The zero-order valence-corrected chi connectivity index (χ0v) is 78.5. The van der Waals surface area contributed by atoms with E-state index in [1.54, 1.807) is 0 Å². The lowest BCUT2D eigenvalue weighted by atomic mass is 9.82. The number of hydrogen-bond donors (Lipinski definition) is 0. The van der Waals surface area contributed by atoms with E-state index < -0.39 is 0 Å². The summed E-state index contributed by atoms with van der Waals surface area (Å²) in [4.78, 5) is 32.3. The smallest absolute Gasteiger partial charge is 0.235 e. The van der Waals surface area contributed by atoms with Crippen LogP contribution in [0.15, 0.2) is 444 Å². The van der Waals surface area contributed by atoms with Crippen molar-refractivity contribution >= 4 is 249 Å². The van der Waals surface area contributed by atoms with Crippen LogP contribution in [-0.4, -0.2) is 43.6 Å². The summed E-state index contributed by atoms with van der Waals surface area (Å²) in [6.07, 6.45) is 0. The Morgan fingerprint density at radius 1 is 0.222 bits per heavy atom. The molecule has 0 atom stereocenters. The molecule has 1 aliphatic carbocycles. The number of thiophene rings is 1. The summed E-state index contributed by atoms with van der Waals surface area (Å²) in [6, 6.07) is 152. The Balaban J connectivity index is 0.0000000986. The Labute approximate surface area is 824 Å². The van der Waals surface area contributed by atoms with Crippen LogP contribution in [0.2, 0.25) is 0 Å². The molecule has 0 amide bonds. The molecule has 0 saturated carbocycles. The maximum atomic E-state index is 6.61. The van der Waals surface area contributed by atoms with Crippen LogP contribution in [-0.2, 0) is 5.41 Å². The molecular formula is C131H77N9O3S. The van der Waals surface area contributed by atoms with Gasteiger partial charge in [0, 0.05) is 155 Å². The molecule has 22 aromatic carbocycles. The Morgan fingerprint density at radius 2 is 0.562 bits per heavy atom. The van der Waals surface area contributed by atoms with Gasteiger partial charge in [0.15, 0.2) is 0 Å². The summed E-state index contributed by atoms with van der Waals surface area (Å²) in [7, 11) is 0. The van der Waals surface area contributed by atoms with Crippen molar-refractivity contribution in [3.8, 4) is 62.7 Å². The van der Waals surface area contributed by atoms with Crippen LogP contribution in [0.3, 0.4) is 0 Å². The minimum atomic E-state index is -0.113. The minimum Gasteiger partial charge on any atom is -0.455 e. The summed E-state index contributed by atoms with van der Waals surface area (Å²) >= 11 is 1.83. The summed E-state index contributed by atoms with van der Waals surface area (Å²) in [6.45, 7) is 4.66. The predicted octanol–water partition coefficient (Wildman–Crippen LogP) is 35.3. The van der Waals surface area contributed by atoms with Crippen molar-refractivity contribution < 1.29 is 13.3 Å². The average molecular weight is 1860 g/mol. The van der Waals surface area contributed by atoms with Crippen molar-refractivity contribution in [1.29, 1.82) is 0 Å². The van der Waals surface area contributed by atoms with E-state index in [-0.39, 0.29) is 5.41 Å². The molecule has 12 nitrogen and oxygen atoms in total. The maximum Gasteiger partial charge on any atom is 0.235 e. The van der Waals surface area contributed by atoms with E-state index in [0.717, 1.165) is 230 Å². The Morgan fingerprint density at radius 3 is 1.06 bits per heavy atom. The van der Waals surface area contributed by atoms with Crippen molar-refractivity contribution in [1.82, 2.24) is 43.6 Å². The summed E-state index contributed by atoms with van der Waals surface area (Å²) in [5.74, 6) is 1.95. The lowest BCUT2D eigenvalue weighted by molar-refractivity contribution is 0.660. The number of nitrogens with zero attached hydrogens (tertiary/aromatic N) is 9. The van der Waals surface area contributed by atoms with Gasteiger partial charge in [0.2, 0.25) is 17.8 Å². The van der Waals surface area contributed by atoms with Gasteiger partial charge in [-0.05, 0) is 117 Å². The Bertz CT molecular complexity index is 11300. The summed E-state index contributed by atoms with van der Waals surface area (Å²) < 4.78 is 29.1. The molecule has 0 saturated heterocycles. The number of hydrogen-bond acceptors (Lipinski definition) is 10. The number of rotatable bonds is 6. The van der Waals surface area contributed by atoms with Crippen LogP contribution in [0.4, 0.5) is 0 Å². The van der Waals surface area contributed by atoms with Gasteiger partial charge in [-0.25, -0.2) is 29.9 Å². The highest BCUT2D eigenvalue weighted by Gasteiger charge is 2.37. The first-order valence-corrected chi connectivity index (χ1v) is 49.7. The largest absolute Gasteiger partial charge is 0.455 e. The quantitative estimate of drug-likeness (QED) is 0.149. The molecule has 0 spiro atoms. The molecule has 0 fully saturated rings. The third kappa shape index (κ3) is 11.5. The maximum absolute atomic E-state index is 6.61. The van der Waals surface area contributed by atoms with Gasteiger partial charge in [-0.2, -0.15) is 0 Å². The third-order valence-corrected chi connectivity index (χ3v) is 31.6. The molecule has 670 valence electrons. The van der Waals surface area contributed by atoms with Crippen LogP contribution in [0.1, 0.15) is 25.0 Å². The highest BCUT2D eigenvalue weighted by molar-refractivity contribution is 7.26. The van der Waals surface area contributed by atoms with E-state index in [1.165, 1.54) is 64.0 Å². The standard InChI is InChI=1S/C45H29N3O.C44H25N3O.C42H23N3OS/c1-45(2)34-19-9-5-13-27(34)28-24-23-26(25-35(28)45)41-31-16-6-10-20-36(31)46-44(47-41)48-37-21-11-7-17-32(37)39-40-33-18-8-12-22-38(33)49-43(40)30-15-4-3-14-29(30)42(39)48;1-2-12-29-26(11-1)21-22-27-25-28(23-24-30(27)29)41-33-15-5-8-18-36(33)45-44(46-41)47-37-19-9-6-16-34(37)39-40-35-17-7-10-20-38(35)48-43(40)32-14-4-3-13-31(32)42(39)47;1-2-14-26-25(13-1)39-36(37-30-17-5-9-22-34(30)46-40(26)37)29-16-4-8-21-33(29)45(39)42-43-32-20-7-3-15-28(32)38(44-42)31-19-11-18-27-24-12-6-10-23-35(24)47-41(27)31/h3-25H,1-2H3;1-25H;1-23H. The second kappa shape index (κ2) is 30.6. The van der Waals surface area contributed by atoms with E-state index in [2.05, 4.69) is 440 Å². The summed E-state index contributed by atoms with van der Waals surface area (Å²) in [5, 5.41) is 30.7. The first-order valence-electron chi connectivity index (χ1n) is 48.9. The number of furan rings is 3. The number of aromatic nitrogens is 9. The van der Waals surface area contributed by atoms with E-state index in [9.17, 15) is 0 Å². The lowest BCUT2D eigenvalue weighted by Crippen LogP contribution is -2.15. The van der Waals surface area contributed by atoms with Crippen molar-refractivity contribution in [3.63, 3.8) is 0 Å². The molecule has 1 aliphatic rings. The fourth-order valence-electron chi connectivity index (χ4n) is 24.1. The monoisotopic (exact) mass is 1860 g/mol. The minimum absolute atomic E-state index is 0.113. The molecule has 10 heterocycles. The van der Waals surface area contributed by atoms with E-state index in [0.29, 0.717) is 17.8 Å². The van der Waals surface area contributed by atoms with Crippen LogP contribution in [0.5, 0.6) is 0 Å². The molecule has 32 aromatic rings. The number of benzene rings is 22.